The summed E-state index contributed by atoms with van der Waals surface area (Å²) in [4.78, 5) is 8.08. The van der Waals surface area contributed by atoms with E-state index >= 15 is 0 Å². The van der Waals surface area contributed by atoms with E-state index in [9.17, 15) is 0 Å². The van der Waals surface area contributed by atoms with Gasteiger partial charge in [0.05, 0.1) is 5.52 Å². The first kappa shape index (κ1) is 14.3. The fraction of sp³-hybridized carbons (Fsp3) is 0.316. The van der Waals surface area contributed by atoms with Crippen molar-refractivity contribution in [1.82, 2.24) is 9.97 Å². The van der Waals surface area contributed by atoms with E-state index in [1.54, 1.807) is 0 Å². The highest BCUT2D eigenvalue weighted by Crippen LogP contribution is 2.27. The van der Waals surface area contributed by atoms with E-state index in [1.165, 1.54) is 11.1 Å². The number of aromatic amines is 1. The minimum absolute atomic E-state index is 0.458. The van der Waals surface area contributed by atoms with Crippen LogP contribution in [0.15, 0.2) is 42.6 Å². The van der Waals surface area contributed by atoms with Crippen LogP contribution in [0.5, 0.6) is 0 Å². The number of rotatable bonds is 3. The van der Waals surface area contributed by atoms with E-state index in [-0.39, 0.29) is 0 Å². The van der Waals surface area contributed by atoms with Gasteiger partial charge in [-0.05, 0) is 31.4 Å². The molecule has 1 aliphatic rings. The lowest BCUT2D eigenvalue weighted by atomic mass is 10.1. The molecule has 4 heteroatoms. The summed E-state index contributed by atoms with van der Waals surface area (Å²) in [6.07, 6.45) is 4.02. The molecule has 1 fully saturated rings. The van der Waals surface area contributed by atoms with Crippen molar-refractivity contribution in [2.75, 3.05) is 18.5 Å². The minimum Gasteiger partial charge on any atom is -0.381 e. The largest absolute Gasteiger partial charge is 0.381 e. The van der Waals surface area contributed by atoms with Crippen LogP contribution >= 0.6 is 0 Å². The highest BCUT2D eigenvalue weighted by molar-refractivity contribution is 5.87. The van der Waals surface area contributed by atoms with Gasteiger partial charge in [-0.25, -0.2) is 4.98 Å². The van der Waals surface area contributed by atoms with Crippen LogP contribution in [-0.4, -0.2) is 29.2 Å². The average Bonchev–Trinajstić information content (AvgIpc) is 2.99. The predicted octanol–water partition coefficient (Wildman–Crippen LogP) is 4.13. The number of aryl methyl sites for hydroxylation is 1. The molecule has 4 rings (SSSR count). The molecule has 0 spiro atoms. The summed E-state index contributed by atoms with van der Waals surface area (Å²) in [7, 11) is 0. The minimum atomic E-state index is 0.458. The maximum absolute atomic E-state index is 5.40. The number of H-pyrrole nitrogens is 1. The number of hydrogen-bond donors (Lipinski definition) is 2. The van der Waals surface area contributed by atoms with Crippen LogP contribution in [0.25, 0.3) is 22.2 Å². The van der Waals surface area contributed by atoms with E-state index in [2.05, 4.69) is 58.6 Å². The summed E-state index contributed by atoms with van der Waals surface area (Å²) < 4.78 is 5.40. The van der Waals surface area contributed by atoms with Gasteiger partial charge < -0.3 is 15.0 Å². The summed E-state index contributed by atoms with van der Waals surface area (Å²) in [5.74, 6) is 0.933. The van der Waals surface area contributed by atoms with Gasteiger partial charge >= 0.3 is 0 Å². The zero-order chi connectivity index (χ0) is 15.6. The molecule has 0 saturated carbocycles. The highest BCUT2D eigenvalue weighted by Gasteiger charge is 2.14. The van der Waals surface area contributed by atoms with Crippen molar-refractivity contribution in [2.24, 2.45) is 0 Å². The van der Waals surface area contributed by atoms with Gasteiger partial charge in [0.25, 0.3) is 0 Å². The number of ether oxygens (including phenoxy) is 1. The van der Waals surface area contributed by atoms with E-state index < -0.39 is 0 Å². The van der Waals surface area contributed by atoms with Gasteiger partial charge in [-0.15, -0.1) is 0 Å². The molecule has 3 aromatic rings. The molecule has 2 aromatic heterocycles. The Bertz CT molecular complexity index is 818. The van der Waals surface area contributed by atoms with Crippen LogP contribution in [0.2, 0.25) is 0 Å². The van der Waals surface area contributed by atoms with Gasteiger partial charge in [0.2, 0.25) is 0 Å². The second-order valence-corrected chi connectivity index (χ2v) is 6.19. The van der Waals surface area contributed by atoms with Crippen LogP contribution in [0, 0.1) is 6.92 Å². The van der Waals surface area contributed by atoms with Crippen molar-refractivity contribution in [2.45, 2.75) is 25.8 Å². The van der Waals surface area contributed by atoms with Gasteiger partial charge in [-0.1, -0.05) is 24.3 Å². The summed E-state index contributed by atoms with van der Waals surface area (Å²) in [5, 5.41) is 4.66. The topological polar surface area (TPSA) is 49.9 Å². The maximum atomic E-state index is 5.40. The van der Waals surface area contributed by atoms with Crippen LogP contribution < -0.4 is 5.32 Å². The Morgan fingerprint density at radius 1 is 1.17 bits per heavy atom. The number of hydrogen-bond acceptors (Lipinski definition) is 3. The molecule has 23 heavy (non-hydrogen) atoms. The van der Waals surface area contributed by atoms with E-state index in [0.29, 0.717) is 6.04 Å². The summed E-state index contributed by atoms with van der Waals surface area (Å²) in [6, 6.07) is 13.2. The molecule has 0 bridgehead atoms. The van der Waals surface area contributed by atoms with Crippen molar-refractivity contribution < 1.29 is 4.74 Å². The van der Waals surface area contributed by atoms with Crippen molar-refractivity contribution in [3.63, 3.8) is 0 Å². The predicted molar refractivity (Wildman–Crippen MR) is 93.7 cm³/mol. The van der Waals surface area contributed by atoms with Gasteiger partial charge in [0, 0.05) is 48.2 Å². The second kappa shape index (κ2) is 6.05. The van der Waals surface area contributed by atoms with E-state index in [0.717, 1.165) is 48.5 Å². The molecule has 0 unspecified atom stereocenters. The Morgan fingerprint density at radius 2 is 2.00 bits per heavy atom. The third-order valence-corrected chi connectivity index (χ3v) is 4.51. The first-order chi connectivity index (χ1) is 11.3. The third-order valence-electron chi connectivity index (χ3n) is 4.51. The van der Waals surface area contributed by atoms with Crippen molar-refractivity contribution in [1.29, 1.82) is 0 Å². The molecule has 118 valence electrons. The van der Waals surface area contributed by atoms with Gasteiger partial charge in [0.15, 0.2) is 0 Å². The molecule has 2 N–H and O–H groups in total. The lowest BCUT2D eigenvalue weighted by Gasteiger charge is -2.23. The Kier molecular flexibility index (Phi) is 3.75. The van der Waals surface area contributed by atoms with Crippen molar-refractivity contribution in [3.8, 4) is 11.3 Å². The van der Waals surface area contributed by atoms with Gasteiger partial charge in [0.1, 0.15) is 5.82 Å². The molecule has 0 atom stereocenters. The van der Waals surface area contributed by atoms with Gasteiger partial charge in [-0.2, -0.15) is 0 Å². The van der Waals surface area contributed by atoms with E-state index in [4.69, 9.17) is 4.74 Å². The first-order valence-corrected chi connectivity index (χ1v) is 8.19. The molecule has 0 amide bonds. The fourth-order valence-electron chi connectivity index (χ4n) is 3.18. The standard InChI is InChI=1S/C19H21N3O/c1-13-4-2-3-5-16(13)18-10-14-12-20-19(11-17(14)22-18)21-15-6-8-23-9-7-15/h2-5,10-12,15,22H,6-9H2,1H3,(H,20,21). The quantitative estimate of drug-likeness (QED) is 0.765. The first-order valence-electron chi connectivity index (χ1n) is 8.19. The Labute approximate surface area is 135 Å². The number of nitrogens with one attached hydrogen (secondary N) is 2. The van der Waals surface area contributed by atoms with Crippen LogP contribution in [0.3, 0.4) is 0 Å². The third kappa shape index (κ3) is 2.94. The number of fused-ring (bicyclic) bond motifs is 1. The normalized spacial score (nSPS) is 15.9. The summed E-state index contributed by atoms with van der Waals surface area (Å²) in [5.41, 5.74) is 4.77. The van der Waals surface area contributed by atoms with Crippen LogP contribution in [0.1, 0.15) is 18.4 Å². The Morgan fingerprint density at radius 3 is 2.83 bits per heavy atom. The molecule has 4 nitrogen and oxygen atoms in total. The zero-order valence-electron chi connectivity index (χ0n) is 13.3. The van der Waals surface area contributed by atoms with Gasteiger partial charge in [-0.3, -0.25) is 0 Å². The molecule has 0 radical (unpaired) electrons. The number of benzene rings is 1. The number of anilines is 1. The average molecular weight is 307 g/mol. The molecule has 1 saturated heterocycles. The fourth-order valence-corrected chi connectivity index (χ4v) is 3.18. The smallest absolute Gasteiger partial charge is 0.128 e. The Balaban J connectivity index is 1.63. The molecule has 3 heterocycles. The Hall–Kier alpha value is -2.33. The molecule has 0 aliphatic carbocycles. The summed E-state index contributed by atoms with van der Waals surface area (Å²) in [6.45, 7) is 3.80. The molecule has 1 aromatic carbocycles. The lowest BCUT2D eigenvalue weighted by molar-refractivity contribution is 0.0904. The molecular formula is C19H21N3O. The van der Waals surface area contributed by atoms with Crippen LogP contribution in [0.4, 0.5) is 5.82 Å². The summed E-state index contributed by atoms with van der Waals surface area (Å²) >= 11 is 0. The number of pyridine rings is 1. The van der Waals surface area contributed by atoms with Crippen molar-refractivity contribution in [3.05, 3.63) is 48.2 Å². The lowest BCUT2D eigenvalue weighted by Crippen LogP contribution is -2.28. The zero-order valence-corrected chi connectivity index (χ0v) is 13.3. The molecular weight excluding hydrogens is 286 g/mol. The second-order valence-electron chi connectivity index (χ2n) is 6.19. The number of aromatic nitrogens is 2. The monoisotopic (exact) mass is 307 g/mol. The maximum Gasteiger partial charge on any atom is 0.128 e. The number of nitrogens with zero attached hydrogens (tertiary/aromatic N) is 1. The van der Waals surface area contributed by atoms with Crippen LogP contribution in [-0.2, 0) is 4.74 Å². The van der Waals surface area contributed by atoms with Crippen molar-refractivity contribution >= 4 is 16.7 Å². The van der Waals surface area contributed by atoms with E-state index in [1.807, 2.05) is 6.20 Å². The molecule has 1 aliphatic heterocycles. The SMILES string of the molecule is Cc1ccccc1-c1cc2cnc(NC3CCOCC3)cc2[nH]1. The highest BCUT2D eigenvalue weighted by atomic mass is 16.5.